The van der Waals surface area contributed by atoms with E-state index in [9.17, 15) is 9.59 Å². The van der Waals surface area contributed by atoms with E-state index >= 15 is 0 Å². The number of piperidine rings is 1. The first kappa shape index (κ1) is 25.2. The molecule has 0 saturated carbocycles. The number of carbonyl (C=O) groups is 2. The normalized spacial score (nSPS) is 14.1. The molecule has 0 unspecified atom stereocenters. The molecule has 0 spiro atoms. The molecule has 1 aliphatic heterocycles. The highest BCUT2D eigenvalue weighted by Gasteiger charge is 2.19. The van der Waals surface area contributed by atoms with E-state index in [4.69, 9.17) is 16.3 Å². The molecule has 0 atom stereocenters. The molecule has 1 aromatic heterocycles. The lowest BCUT2D eigenvalue weighted by atomic mass is 10.0. The van der Waals surface area contributed by atoms with E-state index in [0.717, 1.165) is 25.9 Å². The second kappa shape index (κ2) is 11.7. The molecule has 10 heteroatoms. The topological polar surface area (TPSA) is 108 Å². The summed E-state index contributed by atoms with van der Waals surface area (Å²) in [6, 6.07) is 14.1. The summed E-state index contributed by atoms with van der Waals surface area (Å²) < 4.78 is 5.82. The van der Waals surface area contributed by atoms with Crippen molar-refractivity contribution in [3.8, 4) is 11.6 Å². The van der Waals surface area contributed by atoms with Crippen molar-refractivity contribution < 1.29 is 14.3 Å². The zero-order valence-corrected chi connectivity index (χ0v) is 20.6. The first-order chi connectivity index (χ1) is 17.4. The number of nitrogens with zero attached hydrogens (tertiary/aromatic N) is 3. The SMILES string of the molecule is C=CC(=O)Nc1cccc(Oc2nc(Nc3ccc(C(=O)NC4CCN(C)CC4)cc3)ncc2Cl)c1. The van der Waals surface area contributed by atoms with Gasteiger partial charge in [-0.25, -0.2) is 4.98 Å². The maximum absolute atomic E-state index is 12.6. The molecule has 3 N–H and O–H groups in total. The molecule has 36 heavy (non-hydrogen) atoms. The summed E-state index contributed by atoms with van der Waals surface area (Å²) in [7, 11) is 2.09. The zero-order chi connectivity index (χ0) is 25.5. The average Bonchev–Trinajstić information content (AvgIpc) is 2.88. The Morgan fingerprint density at radius 3 is 2.61 bits per heavy atom. The number of aromatic nitrogens is 2. The largest absolute Gasteiger partial charge is 0.437 e. The number of anilines is 3. The van der Waals surface area contributed by atoms with Gasteiger partial charge >= 0.3 is 0 Å². The summed E-state index contributed by atoms with van der Waals surface area (Å²) in [5, 5.41) is 9.09. The van der Waals surface area contributed by atoms with E-state index in [0.29, 0.717) is 22.7 Å². The minimum Gasteiger partial charge on any atom is -0.437 e. The third-order valence-electron chi connectivity index (χ3n) is 5.67. The third-order valence-corrected chi connectivity index (χ3v) is 5.93. The van der Waals surface area contributed by atoms with E-state index in [-0.39, 0.29) is 34.7 Å². The minimum atomic E-state index is -0.330. The van der Waals surface area contributed by atoms with Gasteiger partial charge in [-0.05, 0) is 75.5 Å². The summed E-state index contributed by atoms with van der Waals surface area (Å²) in [4.78, 5) is 34.9. The molecule has 9 nitrogen and oxygen atoms in total. The number of amides is 2. The van der Waals surface area contributed by atoms with Crippen LogP contribution < -0.4 is 20.7 Å². The summed E-state index contributed by atoms with van der Waals surface area (Å²) in [5.74, 6) is 0.443. The quantitative estimate of drug-likeness (QED) is 0.383. The molecule has 4 rings (SSSR count). The first-order valence-electron chi connectivity index (χ1n) is 11.5. The van der Waals surface area contributed by atoms with E-state index in [1.54, 1.807) is 48.5 Å². The Balaban J connectivity index is 1.39. The number of ether oxygens (including phenoxy) is 1. The van der Waals surface area contributed by atoms with Crippen molar-refractivity contribution >= 4 is 40.7 Å². The number of halogens is 1. The van der Waals surface area contributed by atoms with E-state index in [1.165, 1.54) is 12.3 Å². The molecule has 2 heterocycles. The number of hydrogen-bond donors (Lipinski definition) is 3. The highest BCUT2D eigenvalue weighted by Crippen LogP contribution is 2.29. The lowest BCUT2D eigenvalue weighted by Crippen LogP contribution is -2.43. The fourth-order valence-corrected chi connectivity index (χ4v) is 3.81. The van der Waals surface area contributed by atoms with Crippen molar-refractivity contribution in [2.75, 3.05) is 30.8 Å². The fraction of sp³-hybridized carbons (Fsp3) is 0.231. The number of carbonyl (C=O) groups excluding carboxylic acids is 2. The van der Waals surface area contributed by atoms with Crippen molar-refractivity contribution in [1.29, 1.82) is 0 Å². The van der Waals surface area contributed by atoms with Crippen LogP contribution in [0.4, 0.5) is 17.3 Å². The van der Waals surface area contributed by atoms with Gasteiger partial charge in [-0.3, -0.25) is 9.59 Å². The molecule has 2 aromatic carbocycles. The Hall–Kier alpha value is -3.95. The van der Waals surface area contributed by atoms with Crippen molar-refractivity contribution in [1.82, 2.24) is 20.2 Å². The lowest BCUT2D eigenvalue weighted by Gasteiger charge is -2.29. The van der Waals surface area contributed by atoms with Gasteiger partial charge in [0.25, 0.3) is 5.91 Å². The second-order valence-electron chi connectivity index (χ2n) is 8.42. The van der Waals surface area contributed by atoms with Crippen LogP contribution in [0.15, 0.2) is 67.4 Å². The molecule has 1 aliphatic rings. The Morgan fingerprint density at radius 1 is 1.14 bits per heavy atom. The number of benzene rings is 2. The van der Waals surface area contributed by atoms with Gasteiger partial charge in [-0.1, -0.05) is 24.2 Å². The van der Waals surface area contributed by atoms with Crippen LogP contribution in [0.25, 0.3) is 0 Å². The van der Waals surface area contributed by atoms with Crippen molar-refractivity contribution in [2.45, 2.75) is 18.9 Å². The van der Waals surface area contributed by atoms with E-state index in [2.05, 4.69) is 44.4 Å². The standard InChI is InChI=1S/C26H27ClN6O3/c1-3-23(34)29-20-5-4-6-21(15-20)36-25-22(27)16-28-26(32-25)31-18-9-7-17(8-10-18)24(35)30-19-11-13-33(2)14-12-19/h3-10,15-16,19H,1,11-14H2,2H3,(H,29,34)(H,30,35)(H,28,31,32). The predicted molar refractivity (Wildman–Crippen MR) is 140 cm³/mol. The smallest absolute Gasteiger partial charge is 0.251 e. The summed E-state index contributed by atoms with van der Waals surface area (Å²) in [6.07, 6.45) is 4.52. The highest BCUT2D eigenvalue weighted by atomic mass is 35.5. The molecular formula is C26H27ClN6O3. The van der Waals surface area contributed by atoms with Gasteiger partial charge in [-0.2, -0.15) is 4.98 Å². The van der Waals surface area contributed by atoms with Gasteiger partial charge in [0.05, 0.1) is 6.20 Å². The number of hydrogen-bond acceptors (Lipinski definition) is 7. The van der Waals surface area contributed by atoms with E-state index in [1.807, 2.05) is 0 Å². The average molecular weight is 507 g/mol. The monoisotopic (exact) mass is 506 g/mol. The molecule has 3 aromatic rings. The Bertz CT molecular complexity index is 1240. The molecule has 0 aliphatic carbocycles. The predicted octanol–water partition coefficient (Wildman–Crippen LogP) is 4.61. The van der Waals surface area contributed by atoms with Gasteiger partial charge < -0.3 is 25.6 Å². The number of rotatable bonds is 8. The highest BCUT2D eigenvalue weighted by molar-refractivity contribution is 6.31. The summed E-state index contributed by atoms with van der Waals surface area (Å²) >= 11 is 6.23. The molecule has 186 valence electrons. The van der Waals surface area contributed by atoms with E-state index < -0.39 is 0 Å². The Morgan fingerprint density at radius 2 is 1.89 bits per heavy atom. The van der Waals surface area contributed by atoms with Crippen LogP contribution in [0, 0.1) is 0 Å². The van der Waals surface area contributed by atoms with Crippen molar-refractivity contribution in [2.24, 2.45) is 0 Å². The molecule has 2 amide bonds. The second-order valence-corrected chi connectivity index (χ2v) is 8.83. The molecule has 1 saturated heterocycles. The Kier molecular flexibility index (Phi) is 8.14. The summed E-state index contributed by atoms with van der Waals surface area (Å²) in [6.45, 7) is 5.40. The summed E-state index contributed by atoms with van der Waals surface area (Å²) in [5.41, 5.74) is 1.83. The third kappa shape index (κ3) is 6.80. The van der Waals surface area contributed by atoms with Gasteiger partial charge in [0.1, 0.15) is 10.8 Å². The number of nitrogens with one attached hydrogen (secondary N) is 3. The fourth-order valence-electron chi connectivity index (χ4n) is 3.68. The van der Waals surface area contributed by atoms with Gasteiger partial charge in [0.2, 0.25) is 17.7 Å². The van der Waals surface area contributed by atoms with Gasteiger partial charge in [-0.15, -0.1) is 0 Å². The maximum Gasteiger partial charge on any atom is 0.251 e. The molecular weight excluding hydrogens is 480 g/mol. The van der Waals surface area contributed by atoms with Gasteiger partial charge in [0.15, 0.2) is 0 Å². The van der Waals surface area contributed by atoms with Crippen LogP contribution in [0.3, 0.4) is 0 Å². The molecule has 0 radical (unpaired) electrons. The van der Waals surface area contributed by atoms with Crippen LogP contribution in [0.1, 0.15) is 23.2 Å². The van der Waals surface area contributed by atoms with Gasteiger partial charge in [0, 0.05) is 29.0 Å². The lowest BCUT2D eigenvalue weighted by molar-refractivity contribution is -0.111. The van der Waals surface area contributed by atoms with Crippen molar-refractivity contribution in [3.05, 3.63) is 78.0 Å². The molecule has 1 fully saturated rings. The zero-order valence-electron chi connectivity index (χ0n) is 19.8. The van der Waals surface area contributed by atoms with Crippen LogP contribution in [-0.2, 0) is 4.79 Å². The van der Waals surface area contributed by atoms with Crippen molar-refractivity contribution in [3.63, 3.8) is 0 Å². The molecule has 0 bridgehead atoms. The number of likely N-dealkylation sites (tertiary alicyclic amines) is 1. The first-order valence-corrected chi connectivity index (χ1v) is 11.9. The Labute approximate surface area is 214 Å². The van der Waals surface area contributed by atoms with Crippen LogP contribution >= 0.6 is 11.6 Å². The van der Waals surface area contributed by atoms with Crippen LogP contribution in [0.5, 0.6) is 11.6 Å². The van der Waals surface area contributed by atoms with Crippen LogP contribution in [0.2, 0.25) is 5.02 Å². The maximum atomic E-state index is 12.6. The van der Waals surface area contributed by atoms with Crippen LogP contribution in [-0.4, -0.2) is 52.9 Å². The minimum absolute atomic E-state index is 0.0824.